The largest absolute Gasteiger partial charge is 0.495 e. The molecule has 3 nitrogen and oxygen atoms in total. The van der Waals surface area contributed by atoms with Gasteiger partial charge in [0.25, 0.3) is 0 Å². The van der Waals surface area contributed by atoms with Gasteiger partial charge in [0, 0.05) is 12.3 Å². The first kappa shape index (κ1) is 15.6. The van der Waals surface area contributed by atoms with E-state index in [-0.39, 0.29) is 12.0 Å². The number of carbonyl (C=O) groups excluding carboxylic acids is 1. The maximum absolute atomic E-state index is 12.5. The maximum atomic E-state index is 12.5. The molecule has 1 N–H and O–H groups in total. The molecule has 0 spiro atoms. The van der Waals surface area contributed by atoms with Crippen molar-refractivity contribution in [2.75, 3.05) is 12.4 Å². The second-order valence-electron chi connectivity index (χ2n) is 6.05. The number of rotatable bonds is 5. The molecule has 0 aliphatic heterocycles. The number of hydrogen-bond donors (Lipinski definition) is 1. The van der Waals surface area contributed by atoms with E-state index in [0.717, 1.165) is 36.3 Å². The Hall–Kier alpha value is -2.29. The number of carbonyl (C=O) groups is 1. The Labute approximate surface area is 137 Å². The summed E-state index contributed by atoms with van der Waals surface area (Å²) >= 11 is 0. The average Bonchev–Trinajstić information content (AvgIpc) is 2.61. The van der Waals surface area contributed by atoms with Crippen molar-refractivity contribution in [2.45, 2.75) is 31.7 Å². The van der Waals surface area contributed by atoms with Gasteiger partial charge in [-0.1, -0.05) is 48.9 Å². The molecule has 1 saturated carbocycles. The van der Waals surface area contributed by atoms with Gasteiger partial charge in [0.05, 0.1) is 18.8 Å². The fourth-order valence-corrected chi connectivity index (χ4v) is 3.37. The molecule has 0 heterocycles. The topological polar surface area (TPSA) is 38.3 Å². The lowest BCUT2D eigenvalue weighted by Gasteiger charge is -2.31. The highest BCUT2D eigenvalue weighted by Gasteiger charge is 2.31. The standard InChI is InChI=1S/C20H23NO2/c1-23-19-14-8-6-12-17(19)21-20(15-9-3-2-4-10-15)16-11-5-7-13-18(16)22/h2-4,6,8-10,12,14,16,20-21H,5,7,11,13H2,1H3/t16-,20+/m1/s1. The van der Waals surface area contributed by atoms with Gasteiger partial charge in [0.15, 0.2) is 0 Å². The number of anilines is 1. The number of ether oxygens (including phenoxy) is 1. The molecule has 2 aromatic rings. The Bertz CT molecular complexity index is 654. The zero-order valence-electron chi connectivity index (χ0n) is 13.5. The Kier molecular flexibility index (Phi) is 4.96. The summed E-state index contributed by atoms with van der Waals surface area (Å²) in [6.07, 6.45) is 3.78. The van der Waals surface area contributed by atoms with Crippen molar-refractivity contribution in [1.29, 1.82) is 0 Å². The predicted molar refractivity (Wildman–Crippen MR) is 92.8 cm³/mol. The predicted octanol–water partition coefficient (Wildman–Crippen LogP) is 4.61. The minimum absolute atomic E-state index is 0.0136. The fourth-order valence-electron chi connectivity index (χ4n) is 3.37. The minimum Gasteiger partial charge on any atom is -0.495 e. The normalized spacial score (nSPS) is 19.2. The van der Waals surface area contributed by atoms with Crippen molar-refractivity contribution < 1.29 is 9.53 Å². The van der Waals surface area contributed by atoms with E-state index in [1.54, 1.807) is 7.11 Å². The highest BCUT2D eigenvalue weighted by atomic mass is 16.5. The molecular formula is C20H23NO2. The van der Waals surface area contributed by atoms with Crippen molar-refractivity contribution in [3.05, 3.63) is 60.2 Å². The quantitative estimate of drug-likeness (QED) is 0.876. The molecule has 0 saturated heterocycles. The smallest absolute Gasteiger partial charge is 0.141 e. The van der Waals surface area contributed by atoms with Crippen molar-refractivity contribution in [3.8, 4) is 5.75 Å². The van der Waals surface area contributed by atoms with E-state index in [0.29, 0.717) is 12.2 Å². The third kappa shape index (κ3) is 3.55. The molecule has 0 bridgehead atoms. The van der Waals surface area contributed by atoms with Crippen LogP contribution in [0.25, 0.3) is 0 Å². The summed E-state index contributed by atoms with van der Waals surface area (Å²) in [4.78, 5) is 12.5. The molecule has 0 aromatic heterocycles. The summed E-state index contributed by atoms with van der Waals surface area (Å²) in [7, 11) is 1.67. The second-order valence-corrected chi connectivity index (χ2v) is 6.05. The van der Waals surface area contributed by atoms with Crippen LogP contribution in [0, 0.1) is 5.92 Å². The Morgan fingerprint density at radius 1 is 1.04 bits per heavy atom. The zero-order valence-corrected chi connectivity index (χ0v) is 13.5. The Morgan fingerprint density at radius 3 is 2.52 bits per heavy atom. The summed E-state index contributed by atoms with van der Waals surface area (Å²) in [5.74, 6) is 1.19. The molecule has 1 aliphatic carbocycles. The first-order chi connectivity index (χ1) is 11.3. The van der Waals surface area contributed by atoms with Crippen LogP contribution in [0.5, 0.6) is 5.75 Å². The van der Waals surface area contributed by atoms with E-state index in [1.807, 2.05) is 42.5 Å². The van der Waals surface area contributed by atoms with E-state index in [4.69, 9.17) is 4.74 Å². The molecule has 120 valence electrons. The van der Waals surface area contributed by atoms with Crippen LogP contribution in [-0.4, -0.2) is 12.9 Å². The van der Waals surface area contributed by atoms with E-state index in [2.05, 4.69) is 17.4 Å². The van der Waals surface area contributed by atoms with Gasteiger partial charge < -0.3 is 10.1 Å². The molecular weight excluding hydrogens is 286 g/mol. The van der Waals surface area contributed by atoms with Gasteiger partial charge >= 0.3 is 0 Å². The van der Waals surface area contributed by atoms with E-state index >= 15 is 0 Å². The van der Waals surface area contributed by atoms with Crippen LogP contribution in [-0.2, 0) is 4.79 Å². The zero-order chi connectivity index (χ0) is 16.1. The number of Topliss-reactive ketones (excluding diaryl/α,β-unsaturated/α-hetero) is 1. The van der Waals surface area contributed by atoms with Crippen LogP contribution in [0.15, 0.2) is 54.6 Å². The number of methoxy groups -OCH3 is 1. The first-order valence-corrected chi connectivity index (χ1v) is 8.27. The number of ketones is 1. The lowest BCUT2D eigenvalue weighted by Crippen LogP contribution is -2.30. The van der Waals surface area contributed by atoms with Crippen molar-refractivity contribution in [2.24, 2.45) is 5.92 Å². The molecule has 2 aromatic carbocycles. The third-order valence-electron chi connectivity index (χ3n) is 4.58. The summed E-state index contributed by atoms with van der Waals surface area (Å²) in [5.41, 5.74) is 2.08. The fraction of sp³-hybridized carbons (Fsp3) is 0.350. The summed E-state index contributed by atoms with van der Waals surface area (Å²) in [6.45, 7) is 0. The van der Waals surface area contributed by atoms with E-state index in [1.165, 1.54) is 0 Å². The first-order valence-electron chi connectivity index (χ1n) is 8.27. The van der Waals surface area contributed by atoms with E-state index < -0.39 is 0 Å². The molecule has 0 unspecified atom stereocenters. The third-order valence-corrected chi connectivity index (χ3v) is 4.58. The van der Waals surface area contributed by atoms with Gasteiger partial charge in [0.2, 0.25) is 0 Å². The molecule has 1 fully saturated rings. The second kappa shape index (κ2) is 7.32. The number of nitrogens with one attached hydrogen (secondary N) is 1. The van der Waals surface area contributed by atoms with Crippen LogP contribution in [0.2, 0.25) is 0 Å². The lowest BCUT2D eigenvalue weighted by atomic mass is 9.80. The molecule has 0 amide bonds. The maximum Gasteiger partial charge on any atom is 0.141 e. The van der Waals surface area contributed by atoms with Crippen molar-refractivity contribution >= 4 is 11.5 Å². The van der Waals surface area contributed by atoms with Crippen molar-refractivity contribution in [3.63, 3.8) is 0 Å². The van der Waals surface area contributed by atoms with Crippen molar-refractivity contribution in [1.82, 2.24) is 0 Å². The van der Waals surface area contributed by atoms with Gasteiger partial charge in [0.1, 0.15) is 11.5 Å². The molecule has 3 heteroatoms. The Morgan fingerprint density at radius 2 is 1.78 bits per heavy atom. The van der Waals surface area contributed by atoms with Gasteiger partial charge in [-0.15, -0.1) is 0 Å². The van der Waals surface area contributed by atoms with Crippen LogP contribution in [0.3, 0.4) is 0 Å². The summed E-state index contributed by atoms with van der Waals surface area (Å²) < 4.78 is 5.45. The van der Waals surface area contributed by atoms with Gasteiger partial charge in [-0.3, -0.25) is 4.79 Å². The molecule has 1 aliphatic rings. The molecule has 3 rings (SSSR count). The van der Waals surface area contributed by atoms with Gasteiger partial charge in [-0.25, -0.2) is 0 Å². The lowest BCUT2D eigenvalue weighted by molar-refractivity contribution is -0.125. The van der Waals surface area contributed by atoms with Gasteiger partial charge in [-0.05, 0) is 30.5 Å². The Balaban J connectivity index is 1.93. The minimum atomic E-state index is -0.0136. The SMILES string of the molecule is COc1ccccc1N[C@@H](c1ccccc1)[C@@H]1CCCCC1=O. The summed E-state index contributed by atoms with van der Waals surface area (Å²) in [5, 5.41) is 3.57. The number of hydrogen-bond acceptors (Lipinski definition) is 3. The molecule has 2 atom stereocenters. The van der Waals surface area contributed by atoms with Gasteiger partial charge in [-0.2, -0.15) is 0 Å². The van der Waals surface area contributed by atoms with E-state index in [9.17, 15) is 4.79 Å². The highest BCUT2D eigenvalue weighted by molar-refractivity contribution is 5.83. The summed E-state index contributed by atoms with van der Waals surface area (Å²) in [6, 6.07) is 18.1. The molecule has 0 radical (unpaired) electrons. The van der Waals surface area contributed by atoms with Crippen LogP contribution >= 0.6 is 0 Å². The van der Waals surface area contributed by atoms with Crippen LogP contribution in [0.4, 0.5) is 5.69 Å². The molecule has 23 heavy (non-hydrogen) atoms. The number of para-hydroxylation sites is 2. The van der Waals surface area contributed by atoms with Crippen LogP contribution in [0.1, 0.15) is 37.3 Å². The highest BCUT2D eigenvalue weighted by Crippen LogP contribution is 2.36. The number of benzene rings is 2. The monoisotopic (exact) mass is 309 g/mol. The van der Waals surface area contributed by atoms with Crippen LogP contribution < -0.4 is 10.1 Å². The average molecular weight is 309 g/mol.